The Kier molecular flexibility index (Phi) is 4.23. The monoisotopic (exact) mass is 312 g/mol. The van der Waals surface area contributed by atoms with Gasteiger partial charge in [0.2, 0.25) is 0 Å². The molecule has 1 aliphatic rings. The summed E-state index contributed by atoms with van der Waals surface area (Å²) in [5.74, 6) is 0. The van der Waals surface area contributed by atoms with E-state index >= 15 is 0 Å². The third-order valence-corrected chi connectivity index (χ3v) is 3.84. The third kappa shape index (κ3) is 3.15. The largest absolute Gasteiger partial charge is 0.444 e. The SMILES string of the molecule is O=CC1CCc2ccc(NC(=O)OCc3ccccc3)c(=O)n21. The molecule has 0 spiro atoms. The number of benzene rings is 1. The van der Waals surface area contributed by atoms with Crippen molar-refractivity contribution in [3.05, 3.63) is 64.1 Å². The minimum atomic E-state index is -0.702. The van der Waals surface area contributed by atoms with E-state index in [4.69, 9.17) is 4.74 Å². The highest BCUT2D eigenvalue weighted by Crippen LogP contribution is 2.22. The van der Waals surface area contributed by atoms with E-state index < -0.39 is 12.1 Å². The lowest BCUT2D eigenvalue weighted by molar-refractivity contribution is -0.110. The molecular formula is C17H16N2O4. The number of pyridine rings is 1. The van der Waals surface area contributed by atoms with E-state index in [1.165, 1.54) is 4.57 Å². The first kappa shape index (κ1) is 15.0. The van der Waals surface area contributed by atoms with Crippen LogP contribution in [-0.2, 0) is 22.6 Å². The Morgan fingerprint density at radius 1 is 1.26 bits per heavy atom. The minimum absolute atomic E-state index is 0.112. The fourth-order valence-electron chi connectivity index (χ4n) is 2.68. The molecule has 0 saturated heterocycles. The summed E-state index contributed by atoms with van der Waals surface area (Å²) in [6, 6.07) is 12.1. The number of hydrogen-bond acceptors (Lipinski definition) is 4. The predicted octanol–water partition coefficient (Wildman–Crippen LogP) is 2.28. The maximum absolute atomic E-state index is 12.4. The maximum atomic E-state index is 12.4. The number of carbonyl (C=O) groups is 2. The number of rotatable bonds is 4. The molecule has 1 N–H and O–H groups in total. The minimum Gasteiger partial charge on any atom is -0.444 e. The van der Waals surface area contributed by atoms with Crippen LogP contribution in [-0.4, -0.2) is 16.9 Å². The average Bonchev–Trinajstić information content (AvgIpc) is 3.00. The second-order valence-corrected chi connectivity index (χ2v) is 5.34. The topological polar surface area (TPSA) is 77.4 Å². The number of hydrogen-bond donors (Lipinski definition) is 1. The molecule has 23 heavy (non-hydrogen) atoms. The Labute approximate surface area is 132 Å². The van der Waals surface area contributed by atoms with Gasteiger partial charge < -0.3 is 14.1 Å². The number of aromatic nitrogens is 1. The number of nitrogens with zero attached hydrogens (tertiary/aromatic N) is 1. The Hall–Kier alpha value is -2.89. The van der Waals surface area contributed by atoms with E-state index in [9.17, 15) is 14.4 Å². The Morgan fingerprint density at radius 3 is 2.78 bits per heavy atom. The van der Waals surface area contributed by atoms with Crippen molar-refractivity contribution in [1.82, 2.24) is 4.57 Å². The van der Waals surface area contributed by atoms with Gasteiger partial charge in [-0.1, -0.05) is 30.3 Å². The van der Waals surface area contributed by atoms with Crippen LogP contribution in [0, 0.1) is 0 Å². The molecule has 1 aromatic carbocycles. The normalized spacial score (nSPS) is 15.7. The fourth-order valence-corrected chi connectivity index (χ4v) is 2.68. The summed E-state index contributed by atoms with van der Waals surface area (Å²) in [7, 11) is 0. The predicted molar refractivity (Wildman–Crippen MR) is 84.4 cm³/mol. The van der Waals surface area contributed by atoms with Gasteiger partial charge in [-0.15, -0.1) is 0 Å². The molecule has 6 heteroatoms. The second-order valence-electron chi connectivity index (χ2n) is 5.34. The summed E-state index contributed by atoms with van der Waals surface area (Å²) in [5.41, 5.74) is 1.39. The fraction of sp³-hybridized carbons (Fsp3) is 0.235. The number of aryl methyl sites for hydroxylation is 1. The van der Waals surface area contributed by atoms with Crippen LogP contribution < -0.4 is 10.9 Å². The molecule has 0 aliphatic carbocycles. The molecule has 0 bridgehead atoms. The zero-order valence-corrected chi connectivity index (χ0v) is 12.4. The lowest BCUT2D eigenvalue weighted by Gasteiger charge is -2.11. The lowest BCUT2D eigenvalue weighted by Crippen LogP contribution is -2.28. The van der Waals surface area contributed by atoms with Gasteiger partial charge in [-0.2, -0.15) is 0 Å². The molecule has 0 radical (unpaired) electrons. The summed E-state index contributed by atoms with van der Waals surface area (Å²) in [6.45, 7) is 0.121. The summed E-state index contributed by atoms with van der Waals surface area (Å²) < 4.78 is 6.52. The number of ether oxygens (including phenoxy) is 1. The first-order chi connectivity index (χ1) is 11.2. The number of aldehydes is 1. The van der Waals surface area contributed by atoms with E-state index in [2.05, 4.69) is 5.32 Å². The van der Waals surface area contributed by atoms with Crippen molar-refractivity contribution >= 4 is 18.1 Å². The third-order valence-electron chi connectivity index (χ3n) is 3.84. The number of nitrogens with one attached hydrogen (secondary N) is 1. The molecule has 118 valence electrons. The molecule has 1 unspecified atom stereocenters. The molecular weight excluding hydrogens is 296 g/mol. The summed E-state index contributed by atoms with van der Waals surface area (Å²) in [6.07, 6.45) is 1.35. The van der Waals surface area contributed by atoms with Gasteiger partial charge in [-0.25, -0.2) is 4.79 Å². The average molecular weight is 312 g/mol. The molecule has 2 aromatic rings. The maximum Gasteiger partial charge on any atom is 0.412 e. The smallest absolute Gasteiger partial charge is 0.412 e. The Morgan fingerprint density at radius 2 is 2.04 bits per heavy atom. The zero-order chi connectivity index (χ0) is 16.2. The van der Waals surface area contributed by atoms with E-state index in [0.29, 0.717) is 12.8 Å². The number of fused-ring (bicyclic) bond motifs is 1. The van der Waals surface area contributed by atoms with Gasteiger partial charge in [-0.3, -0.25) is 10.1 Å². The molecule has 3 rings (SSSR count). The van der Waals surface area contributed by atoms with E-state index in [1.54, 1.807) is 12.1 Å². The number of anilines is 1. The first-order valence-corrected chi connectivity index (χ1v) is 7.36. The number of carbonyl (C=O) groups excluding carboxylic acids is 2. The molecule has 6 nitrogen and oxygen atoms in total. The molecule has 0 fully saturated rings. The van der Waals surface area contributed by atoms with Crippen molar-refractivity contribution in [3.8, 4) is 0 Å². The van der Waals surface area contributed by atoms with Gasteiger partial charge >= 0.3 is 6.09 Å². The van der Waals surface area contributed by atoms with Crippen LogP contribution in [0.5, 0.6) is 0 Å². The van der Waals surface area contributed by atoms with E-state index in [-0.39, 0.29) is 17.9 Å². The van der Waals surface area contributed by atoms with Crippen LogP contribution in [0.25, 0.3) is 0 Å². The second kappa shape index (κ2) is 6.48. The van der Waals surface area contributed by atoms with Crippen molar-refractivity contribution in [2.75, 3.05) is 5.32 Å². The Bertz CT molecular complexity index is 783. The standard InChI is InChI=1S/C17H16N2O4/c20-10-14-7-6-13-8-9-15(16(21)19(13)14)18-17(22)23-11-12-4-2-1-3-5-12/h1-5,8-10,14H,6-7,11H2,(H,18,22). The van der Waals surface area contributed by atoms with Gasteiger partial charge in [0, 0.05) is 5.69 Å². The van der Waals surface area contributed by atoms with Crippen LogP contribution in [0.4, 0.5) is 10.5 Å². The van der Waals surface area contributed by atoms with Crippen LogP contribution >= 0.6 is 0 Å². The highest BCUT2D eigenvalue weighted by Gasteiger charge is 2.24. The van der Waals surface area contributed by atoms with Gasteiger partial charge in [-0.05, 0) is 30.5 Å². The quantitative estimate of drug-likeness (QED) is 0.879. The molecule has 1 aliphatic heterocycles. The Balaban J connectivity index is 1.70. The molecule has 1 aromatic heterocycles. The van der Waals surface area contributed by atoms with Crippen molar-refractivity contribution in [2.45, 2.75) is 25.5 Å². The van der Waals surface area contributed by atoms with Gasteiger partial charge in [0.25, 0.3) is 5.56 Å². The molecule has 1 amide bonds. The van der Waals surface area contributed by atoms with Gasteiger partial charge in [0.15, 0.2) is 0 Å². The summed E-state index contributed by atoms with van der Waals surface area (Å²) in [4.78, 5) is 35.3. The molecule has 0 saturated carbocycles. The first-order valence-electron chi connectivity index (χ1n) is 7.36. The van der Waals surface area contributed by atoms with Crippen molar-refractivity contribution in [3.63, 3.8) is 0 Å². The van der Waals surface area contributed by atoms with E-state index in [0.717, 1.165) is 17.5 Å². The van der Waals surface area contributed by atoms with Crippen LogP contribution in [0.2, 0.25) is 0 Å². The van der Waals surface area contributed by atoms with E-state index in [1.807, 2.05) is 30.3 Å². The lowest BCUT2D eigenvalue weighted by atomic mass is 10.2. The summed E-state index contributed by atoms with van der Waals surface area (Å²) in [5, 5.41) is 2.44. The van der Waals surface area contributed by atoms with Crippen molar-refractivity contribution < 1.29 is 14.3 Å². The van der Waals surface area contributed by atoms with Crippen molar-refractivity contribution in [1.29, 1.82) is 0 Å². The van der Waals surface area contributed by atoms with Gasteiger partial charge in [0.05, 0.1) is 6.04 Å². The number of amides is 1. The molecule has 2 heterocycles. The molecule has 1 atom stereocenters. The summed E-state index contributed by atoms with van der Waals surface area (Å²) >= 11 is 0. The highest BCUT2D eigenvalue weighted by atomic mass is 16.5. The van der Waals surface area contributed by atoms with Crippen molar-refractivity contribution in [2.24, 2.45) is 0 Å². The van der Waals surface area contributed by atoms with Gasteiger partial charge in [0.1, 0.15) is 18.6 Å². The van der Waals surface area contributed by atoms with Crippen LogP contribution in [0.3, 0.4) is 0 Å². The van der Waals surface area contributed by atoms with Crippen LogP contribution in [0.15, 0.2) is 47.3 Å². The zero-order valence-electron chi connectivity index (χ0n) is 12.4. The highest BCUT2D eigenvalue weighted by molar-refractivity contribution is 5.84. The van der Waals surface area contributed by atoms with Crippen LogP contribution in [0.1, 0.15) is 23.7 Å².